The first-order valence-electron chi connectivity index (χ1n) is 16.5. The molecule has 4 aromatic rings. The summed E-state index contributed by atoms with van der Waals surface area (Å²) in [6, 6.07) is 10.8. The second-order valence-electron chi connectivity index (χ2n) is 13.7. The van der Waals surface area contributed by atoms with E-state index < -0.39 is 16.1 Å². The number of nitrogens with zero attached hydrogens (tertiary/aromatic N) is 3. The van der Waals surface area contributed by atoms with E-state index in [0.717, 1.165) is 87.0 Å². The fraction of sp³-hybridized carbons (Fsp3) is 0.588. The van der Waals surface area contributed by atoms with Gasteiger partial charge in [-0.05, 0) is 52.3 Å². The van der Waals surface area contributed by atoms with Crippen LogP contribution < -0.4 is 10.2 Å². The molecule has 0 bridgehead atoms. The molecule has 13 heteroatoms. The van der Waals surface area contributed by atoms with E-state index >= 15 is 0 Å². The highest BCUT2D eigenvalue weighted by Gasteiger charge is 2.13. The van der Waals surface area contributed by atoms with E-state index in [2.05, 4.69) is 91.4 Å². The van der Waals surface area contributed by atoms with E-state index in [4.69, 9.17) is 18.9 Å². The third-order valence-electron chi connectivity index (χ3n) is 7.09. The Morgan fingerprint density at radius 2 is 1.23 bits per heavy atom. The largest absolute Gasteiger partial charge is 0.385 e. The number of rotatable bonds is 7. The molecule has 0 radical (unpaired) electrons. The van der Waals surface area contributed by atoms with Gasteiger partial charge in [-0.3, -0.25) is 0 Å². The van der Waals surface area contributed by atoms with Gasteiger partial charge >= 0.3 is 0 Å². The summed E-state index contributed by atoms with van der Waals surface area (Å²) < 4.78 is 21.3. The Bertz CT molecular complexity index is 1340. The lowest BCUT2D eigenvalue weighted by Gasteiger charge is -2.28. The van der Waals surface area contributed by atoms with Gasteiger partial charge in [0.05, 0.1) is 38.3 Å². The number of hydrogen-bond acceptors (Lipinski definition) is 8. The minimum Gasteiger partial charge on any atom is -0.385 e. The molecule has 10 nitrogen and oxygen atoms in total. The maximum absolute atomic E-state index is 5.33. The molecule has 0 aliphatic carbocycles. The van der Waals surface area contributed by atoms with Gasteiger partial charge in [-0.1, -0.05) is 39.3 Å². The van der Waals surface area contributed by atoms with Crippen LogP contribution in [0.1, 0.15) is 0 Å². The number of anilines is 1. The maximum atomic E-state index is 5.33. The van der Waals surface area contributed by atoms with Gasteiger partial charge in [0.15, 0.2) is 0 Å². The standard InChI is InChI=1S/C11H13N3O.C7H5BrN2.2C6H16OSi.C4H9NO/c1-2-12-11-9(1)7-10(8-13-11)14-3-5-15-6-4-14;8-6-3-5-1-2-9-7(5)10-4-6;2*1-7-5-6-8(2,3)4;1-3-6-4-2-5-1/h1-2,7-8H,3-6H2,(H,12,13);1-4H,(H,9,10);2*5-6H2,1-4H3;5H,1-4H2. The number of aromatic amines is 2. The molecule has 0 amide bonds. The number of pyridine rings is 2. The summed E-state index contributed by atoms with van der Waals surface area (Å²) >= 11 is 3.34. The van der Waals surface area contributed by atoms with E-state index in [1.807, 2.05) is 36.8 Å². The van der Waals surface area contributed by atoms with E-state index in [0.29, 0.717) is 0 Å². The molecule has 0 spiro atoms. The monoisotopic (exact) mass is 750 g/mol. The van der Waals surface area contributed by atoms with E-state index in [1.54, 1.807) is 20.4 Å². The molecule has 6 heterocycles. The molecule has 264 valence electrons. The molecule has 0 aromatic carbocycles. The third kappa shape index (κ3) is 18.9. The normalized spacial score (nSPS) is 14.9. The highest BCUT2D eigenvalue weighted by molar-refractivity contribution is 9.10. The number of hydrogen-bond donors (Lipinski definition) is 3. The van der Waals surface area contributed by atoms with Crippen LogP contribution in [0.3, 0.4) is 0 Å². The molecule has 2 fully saturated rings. The van der Waals surface area contributed by atoms with Crippen molar-refractivity contribution in [1.29, 1.82) is 0 Å². The van der Waals surface area contributed by atoms with Crippen LogP contribution in [0.4, 0.5) is 5.69 Å². The second-order valence-corrected chi connectivity index (χ2v) is 25.9. The fourth-order valence-corrected chi connectivity index (χ4v) is 6.15. The van der Waals surface area contributed by atoms with Crippen molar-refractivity contribution in [3.8, 4) is 0 Å². The van der Waals surface area contributed by atoms with Gasteiger partial charge in [-0.2, -0.15) is 0 Å². The van der Waals surface area contributed by atoms with Crippen LogP contribution in [0.2, 0.25) is 51.4 Å². The van der Waals surface area contributed by atoms with Crippen molar-refractivity contribution < 1.29 is 18.9 Å². The van der Waals surface area contributed by atoms with Crippen LogP contribution >= 0.6 is 15.9 Å². The van der Waals surface area contributed by atoms with Gasteiger partial charge in [0, 0.05) is 104 Å². The fourth-order valence-electron chi connectivity index (χ4n) is 4.17. The van der Waals surface area contributed by atoms with Crippen molar-refractivity contribution >= 4 is 59.8 Å². The Kier molecular flexibility index (Phi) is 19.7. The van der Waals surface area contributed by atoms with Gasteiger partial charge in [0.2, 0.25) is 0 Å². The first kappa shape index (κ1) is 41.1. The zero-order chi connectivity index (χ0) is 34.5. The number of methoxy groups -OCH3 is 2. The van der Waals surface area contributed by atoms with Gasteiger partial charge in [-0.25, -0.2) is 9.97 Å². The van der Waals surface area contributed by atoms with Gasteiger partial charge in [0.25, 0.3) is 0 Å². The smallest absolute Gasteiger partial charge is 0.137 e. The molecule has 2 saturated heterocycles. The van der Waals surface area contributed by atoms with E-state index in [1.165, 1.54) is 23.2 Å². The van der Waals surface area contributed by atoms with Crippen molar-refractivity contribution in [2.45, 2.75) is 51.4 Å². The second kappa shape index (κ2) is 22.5. The molecule has 0 unspecified atom stereocenters. The molecule has 2 aliphatic rings. The molecule has 4 aromatic heterocycles. The summed E-state index contributed by atoms with van der Waals surface area (Å²) in [6.45, 7) is 23.4. The van der Waals surface area contributed by atoms with Crippen molar-refractivity contribution in [3.05, 3.63) is 53.5 Å². The molecular weight excluding hydrogens is 692 g/mol. The number of H-pyrrole nitrogens is 2. The van der Waals surface area contributed by atoms with E-state index in [9.17, 15) is 0 Å². The quantitative estimate of drug-likeness (QED) is 0.169. The van der Waals surface area contributed by atoms with Crippen molar-refractivity contribution in [2.75, 3.05) is 84.9 Å². The Hall–Kier alpha value is -2.11. The average Bonchev–Trinajstić information content (AvgIpc) is 3.74. The Labute approximate surface area is 292 Å². The Morgan fingerprint density at radius 3 is 1.66 bits per heavy atom. The molecule has 3 N–H and O–H groups in total. The Balaban J connectivity index is 0.000000213. The van der Waals surface area contributed by atoms with Gasteiger partial charge in [0.1, 0.15) is 11.3 Å². The zero-order valence-electron chi connectivity index (χ0n) is 30.0. The highest BCUT2D eigenvalue weighted by Crippen LogP contribution is 2.20. The van der Waals surface area contributed by atoms with Crippen LogP contribution in [0, 0.1) is 0 Å². The summed E-state index contributed by atoms with van der Waals surface area (Å²) in [7, 11) is 1.92. The lowest BCUT2D eigenvalue weighted by Crippen LogP contribution is -2.36. The first-order valence-corrected chi connectivity index (χ1v) is 24.7. The molecule has 0 saturated carbocycles. The van der Waals surface area contributed by atoms with Crippen LogP contribution in [0.25, 0.3) is 22.1 Å². The number of nitrogens with one attached hydrogen (secondary N) is 3. The predicted octanol–water partition coefficient (Wildman–Crippen LogP) is 7.27. The zero-order valence-corrected chi connectivity index (χ0v) is 33.5. The summed E-state index contributed by atoms with van der Waals surface area (Å²) in [5, 5.41) is 5.46. The molecule has 6 rings (SSSR count). The topological polar surface area (TPSA) is 110 Å². The predicted molar refractivity (Wildman–Crippen MR) is 207 cm³/mol. The molecule has 2 aliphatic heterocycles. The van der Waals surface area contributed by atoms with Gasteiger partial charge in [-0.15, -0.1) is 0 Å². The van der Waals surface area contributed by atoms with Crippen LogP contribution in [-0.4, -0.2) is 116 Å². The summed E-state index contributed by atoms with van der Waals surface area (Å²) in [6.07, 6.45) is 7.49. The SMILES string of the molecule is Brc1cnc2[nH]ccc2c1.C1COCCN1.COCC[Si](C)(C)C.COCC[Si](C)(C)C.c1cc2cc(N3CCOCC3)cnc2[nH]1. The summed E-state index contributed by atoms with van der Waals surface area (Å²) in [4.78, 5) is 16.9. The van der Waals surface area contributed by atoms with E-state index in [-0.39, 0.29) is 0 Å². The highest BCUT2D eigenvalue weighted by atomic mass is 79.9. The lowest BCUT2D eigenvalue weighted by atomic mass is 10.3. The molecule has 0 atom stereocenters. The van der Waals surface area contributed by atoms with Crippen molar-refractivity contribution in [1.82, 2.24) is 25.3 Å². The first-order chi connectivity index (χ1) is 22.4. The number of halogens is 1. The molecular formula is C34H59BrN6O4Si2. The van der Waals surface area contributed by atoms with Gasteiger partial charge < -0.3 is 39.1 Å². The summed E-state index contributed by atoms with van der Waals surface area (Å²) in [5.41, 5.74) is 3.07. The van der Waals surface area contributed by atoms with Crippen LogP contribution in [0.15, 0.2) is 53.5 Å². The minimum atomic E-state index is -0.803. The number of morpholine rings is 2. The average molecular weight is 752 g/mol. The van der Waals surface area contributed by atoms with Crippen LogP contribution in [-0.2, 0) is 18.9 Å². The van der Waals surface area contributed by atoms with Crippen molar-refractivity contribution in [2.24, 2.45) is 0 Å². The number of ether oxygens (including phenoxy) is 4. The molecule has 47 heavy (non-hydrogen) atoms. The maximum Gasteiger partial charge on any atom is 0.137 e. The Morgan fingerprint density at radius 1 is 0.745 bits per heavy atom. The van der Waals surface area contributed by atoms with Crippen LogP contribution in [0.5, 0.6) is 0 Å². The third-order valence-corrected chi connectivity index (χ3v) is 10.9. The number of aromatic nitrogens is 4. The summed E-state index contributed by atoms with van der Waals surface area (Å²) in [5.74, 6) is 0. The van der Waals surface area contributed by atoms with Crippen molar-refractivity contribution in [3.63, 3.8) is 0 Å². The minimum absolute atomic E-state index is 0.803. The lowest BCUT2D eigenvalue weighted by molar-refractivity contribution is 0.109. The number of fused-ring (bicyclic) bond motifs is 2.